The maximum absolute atomic E-state index is 11.5. The number of pyridine rings is 1. The molecule has 5 nitrogen and oxygen atoms in total. The van der Waals surface area contributed by atoms with Crippen LogP contribution in [0.1, 0.15) is 24.6 Å². The number of nitrogens with two attached hydrogens (primary N) is 1. The molecule has 3 heterocycles. The van der Waals surface area contributed by atoms with Crippen molar-refractivity contribution < 1.29 is 8.42 Å². The van der Waals surface area contributed by atoms with E-state index in [4.69, 9.17) is 17.3 Å². The van der Waals surface area contributed by atoms with Crippen LogP contribution in [0.25, 0.3) is 5.52 Å². The first kappa shape index (κ1) is 12.7. The van der Waals surface area contributed by atoms with Gasteiger partial charge in [0.25, 0.3) is 0 Å². The fourth-order valence-electron chi connectivity index (χ4n) is 2.58. The Labute approximate surface area is 116 Å². The van der Waals surface area contributed by atoms with E-state index in [0.29, 0.717) is 29.2 Å². The number of nitrogens with zero attached hydrogens (tertiary/aromatic N) is 2. The van der Waals surface area contributed by atoms with Crippen LogP contribution < -0.4 is 5.73 Å². The van der Waals surface area contributed by atoms with Crippen molar-refractivity contribution in [3.8, 4) is 0 Å². The SMILES string of the molecule is Nc1cccn2c(C3CCS(=O)(=O)CC3)nc(Cl)c12. The Morgan fingerprint density at radius 2 is 2.05 bits per heavy atom. The Balaban J connectivity index is 2.05. The molecule has 2 aromatic heterocycles. The second-order valence-corrected chi connectivity index (χ2v) is 7.53. The quantitative estimate of drug-likeness (QED) is 0.872. The number of aromatic nitrogens is 2. The second-order valence-electron chi connectivity index (χ2n) is 4.87. The number of hydrogen-bond donors (Lipinski definition) is 1. The summed E-state index contributed by atoms with van der Waals surface area (Å²) in [5, 5.41) is 0.376. The van der Waals surface area contributed by atoms with Crippen molar-refractivity contribution in [2.24, 2.45) is 0 Å². The standard InChI is InChI=1S/C12H14ClN3O2S/c13-11-10-9(14)2-1-5-16(10)12(15-11)8-3-6-19(17,18)7-4-8/h1-2,5,8H,3-4,6-7,14H2. The van der Waals surface area contributed by atoms with Gasteiger partial charge in [0.05, 0.1) is 17.2 Å². The van der Waals surface area contributed by atoms with Crippen LogP contribution in [0.3, 0.4) is 0 Å². The van der Waals surface area contributed by atoms with E-state index in [1.165, 1.54) is 0 Å². The fourth-order valence-corrected chi connectivity index (χ4v) is 4.36. The lowest BCUT2D eigenvalue weighted by Gasteiger charge is -2.20. The Morgan fingerprint density at radius 3 is 2.74 bits per heavy atom. The zero-order valence-corrected chi connectivity index (χ0v) is 11.8. The van der Waals surface area contributed by atoms with E-state index in [-0.39, 0.29) is 17.4 Å². The number of nitrogen functional groups attached to an aromatic ring is 1. The van der Waals surface area contributed by atoms with Crippen LogP contribution in [0.5, 0.6) is 0 Å². The lowest BCUT2D eigenvalue weighted by molar-refractivity contribution is 0.536. The summed E-state index contributed by atoms with van der Waals surface area (Å²) in [4.78, 5) is 4.38. The van der Waals surface area contributed by atoms with Crippen molar-refractivity contribution in [1.29, 1.82) is 0 Å². The van der Waals surface area contributed by atoms with Gasteiger partial charge >= 0.3 is 0 Å². The molecule has 0 spiro atoms. The monoisotopic (exact) mass is 299 g/mol. The highest BCUT2D eigenvalue weighted by atomic mass is 35.5. The first-order chi connectivity index (χ1) is 8.98. The molecule has 102 valence electrons. The van der Waals surface area contributed by atoms with Crippen LogP contribution >= 0.6 is 11.6 Å². The minimum Gasteiger partial charge on any atom is -0.397 e. The zero-order valence-electron chi connectivity index (χ0n) is 10.2. The number of imidazole rings is 1. The van der Waals surface area contributed by atoms with Crippen LogP contribution in [0.15, 0.2) is 18.3 Å². The van der Waals surface area contributed by atoms with Crippen LogP contribution in [0.4, 0.5) is 5.69 Å². The molecule has 1 saturated heterocycles. The molecule has 1 aliphatic heterocycles. The summed E-state index contributed by atoms with van der Waals surface area (Å²) in [5.74, 6) is 1.35. The number of halogens is 1. The van der Waals surface area contributed by atoms with E-state index in [0.717, 1.165) is 5.82 Å². The third-order valence-electron chi connectivity index (χ3n) is 3.60. The van der Waals surface area contributed by atoms with Crippen molar-refractivity contribution in [2.75, 3.05) is 17.2 Å². The third-order valence-corrected chi connectivity index (χ3v) is 5.58. The summed E-state index contributed by atoms with van der Waals surface area (Å²) in [5.41, 5.74) is 7.18. The molecule has 0 aliphatic carbocycles. The Kier molecular flexibility index (Phi) is 2.94. The summed E-state index contributed by atoms with van der Waals surface area (Å²) in [6.45, 7) is 0. The topological polar surface area (TPSA) is 77.5 Å². The third kappa shape index (κ3) is 2.19. The molecule has 1 fully saturated rings. The van der Waals surface area contributed by atoms with Gasteiger partial charge in [0.1, 0.15) is 21.2 Å². The molecule has 2 N–H and O–H groups in total. The normalized spacial score (nSPS) is 19.8. The maximum atomic E-state index is 11.5. The van der Waals surface area contributed by atoms with Gasteiger partial charge in [-0.15, -0.1) is 0 Å². The molecule has 19 heavy (non-hydrogen) atoms. The Hall–Kier alpha value is -1.27. The fraction of sp³-hybridized carbons (Fsp3) is 0.417. The van der Waals surface area contributed by atoms with E-state index < -0.39 is 9.84 Å². The molecule has 0 aromatic carbocycles. The van der Waals surface area contributed by atoms with Crippen molar-refractivity contribution in [3.63, 3.8) is 0 Å². The molecule has 0 saturated carbocycles. The van der Waals surface area contributed by atoms with Crippen LogP contribution in [0.2, 0.25) is 5.15 Å². The van der Waals surface area contributed by atoms with Crippen molar-refractivity contribution in [2.45, 2.75) is 18.8 Å². The van der Waals surface area contributed by atoms with Crippen LogP contribution in [0, 0.1) is 0 Å². The lowest BCUT2D eigenvalue weighted by Crippen LogP contribution is -2.23. The molecule has 0 amide bonds. The predicted molar refractivity (Wildman–Crippen MR) is 75.2 cm³/mol. The van der Waals surface area contributed by atoms with Gasteiger partial charge in [-0.1, -0.05) is 11.6 Å². The minimum atomic E-state index is -2.87. The summed E-state index contributed by atoms with van der Waals surface area (Å²) in [7, 11) is -2.87. The average molecular weight is 300 g/mol. The van der Waals surface area contributed by atoms with Crippen LogP contribution in [-0.4, -0.2) is 29.3 Å². The zero-order chi connectivity index (χ0) is 13.6. The summed E-state index contributed by atoms with van der Waals surface area (Å²) >= 11 is 6.13. The predicted octanol–water partition coefficient (Wildman–Crippen LogP) is 1.86. The van der Waals surface area contributed by atoms with Gasteiger partial charge < -0.3 is 10.1 Å². The van der Waals surface area contributed by atoms with E-state index >= 15 is 0 Å². The van der Waals surface area contributed by atoms with Crippen molar-refractivity contribution >= 4 is 32.6 Å². The molecule has 3 rings (SSSR count). The Bertz CT molecular complexity index is 725. The molecular weight excluding hydrogens is 286 g/mol. The average Bonchev–Trinajstić information content (AvgIpc) is 2.68. The molecule has 7 heteroatoms. The number of fused-ring (bicyclic) bond motifs is 1. The summed E-state index contributed by atoms with van der Waals surface area (Å²) in [6, 6.07) is 3.61. The molecule has 0 bridgehead atoms. The van der Waals surface area contributed by atoms with Gasteiger partial charge in [0, 0.05) is 12.1 Å². The van der Waals surface area contributed by atoms with Gasteiger partial charge in [0.15, 0.2) is 5.15 Å². The molecule has 0 atom stereocenters. The minimum absolute atomic E-state index is 0.116. The maximum Gasteiger partial charge on any atom is 0.157 e. The highest BCUT2D eigenvalue weighted by molar-refractivity contribution is 7.91. The Morgan fingerprint density at radius 1 is 1.37 bits per heavy atom. The van der Waals surface area contributed by atoms with Crippen LogP contribution in [-0.2, 0) is 9.84 Å². The van der Waals surface area contributed by atoms with E-state index in [1.54, 1.807) is 6.07 Å². The summed E-state index contributed by atoms with van der Waals surface area (Å²) < 4.78 is 24.8. The molecule has 0 radical (unpaired) electrons. The number of hydrogen-bond acceptors (Lipinski definition) is 4. The van der Waals surface area contributed by atoms with Gasteiger partial charge in [0.2, 0.25) is 0 Å². The first-order valence-electron chi connectivity index (χ1n) is 6.10. The van der Waals surface area contributed by atoms with Crippen molar-refractivity contribution in [1.82, 2.24) is 9.38 Å². The number of sulfone groups is 1. The first-order valence-corrected chi connectivity index (χ1v) is 8.30. The molecule has 2 aromatic rings. The molecular formula is C12H14ClN3O2S. The number of anilines is 1. The van der Waals surface area contributed by atoms with E-state index in [1.807, 2.05) is 16.7 Å². The highest BCUT2D eigenvalue weighted by Gasteiger charge is 2.28. The molecule has 0 unspecified atom stereocenters. The van der Waals surface area contributed by atoms with E-state index in [9.17, 15) is 8.42 Å². The highest BCUT2D eigenvalue weighted by Crippen LogP contribution is 2.32. The second kappa shape index (κ2) is 4.38. The largest absolute Gasteiger partial charge is 0.397 e. The van der Waals surface area contributed by atoms with Crippen molar-refractivity contribution in [3.05, 3.63) is 29.3 Å². The number of rotatable bonds is 1. The smallest absolute Gasteiger partial charge is 0.157 e. The summed E-state index contributed by atoms with van der Waals surface area (Å²) in [6.07, 6.45) is 3.04. The lowest BCUT2D eigenvalue weighted by atomic mass is 10.0. The van der Waals surface area contributed by atoms with Gasteiger partial charge in [-0.2, -0.15) is 0 Å². The molecule has 1 aliphatic rings. The van der Waals surface area contributed by atoms with Gasteiger partial charge in [-0.3, -0.25) is 0 Å². The van der Waals surface area contributed by atoms with E-state index in [2.05, 4.69) is 4.98 Å². The van der Waals surface area contributed by atoms with Gasteiger partial charge in [-0.05, 0) is 25.0 Å². The van der Waals surface area contributed by atoms with Gasteiger partial charge in [-0.25, -0.2) is 13.4 Å².